The zero-order chi connectivity index (χ0) is 14.0. The molecule has 0 fully saturated rings. The smallest absolute Gasteiger partial charge is 0.221 e. The summed E-state index contributed by atoms with van der Waals surface area (Å²) < 4.78 is 0. The van der Waals surface area contributed by atoms with Crippen LogP contribution >= 0.6 is 11.6 Å². The minimum Gasteiger partial charge on any atom is -0.369 e. The number of carbonyl (C=O) groups is 1. The summed E-state index contributed by atoms with van der Waals surface area (Å²) in [5, 5.41) is 2.67. The molecule has 1 amide bonds. The third kappa shape index (κ3) is 3.25. The molecule has 0 aliphatic heterocycles. The number of primary amides is 1. The van der Waals surface area contributed by atoms with Crippen molar-refractivity contribution in [2.24, 2.45) is 5.73 Å². The molecule has 0 heterocycles. The molecule has 0 aliphatic rings. The molecule has 19 heavy (non-hydrogen) atoms. The van der Waals surface area contributed by atoms with Gasteiger partial charge in [-0.25, -0.2) is 0 Å². The normalized spacial score (nSPS) is 11.2. The Kier molecular flexibility index (Phi) is 4.08. The van der Waals surface area contributed by atoms with Gasteiger partial charge in [-0.2, -0.15) is 0 Å². The van der Waals surface area contributed by atoms with Crippen LogP contribution < -0.4 is 5.73 Å². The van der Waals surface area contributed by atoms with Crippen LogP contribution in [0.1, 0.15) is 11.1 Å². The Morgan fingerprint density at radius 1 is 1.26 bits per heavy atom. The molecule has 100 valence electrons. The summed E-state index contributed by atoms with van der Waals surface area (Å²) >= 11 is 6.16. The number of carbonyl (C=O) groups excluding carboxylic acids is 1. The Bertz CT molecular complexity index is 623. The van der Waals surface area contributed by atoms with Gasteiger partial charge in [-0.15, -0.1) is 0 Å². The number of nitrogens with two attached hydrogens (primary N) is 1. The van der Waals surface area contributed by atoms with Gasteiger partial charge in [0.1, 0.15) is 0 Å². The van der Waals surface area contributed by atoms with E-state index in [0.29, 0.717) is 5.02 Å². The Morgan fingerprint density at radius 3 is 2.63 bits per heavy atom. The van der Waals surface area contributed by atoms with E-state index in [9.17, 15) is 4.79 Å². The summed E-state index contributed by atoms with van der Waals surface area (Å²) in [6.07, 6.45) is 0.170. The molecular formula is C15H17ClN2O. The van der Waals surface area contributed by atoms with Crippen LogP contribution in [0.2, 0.25) is 5.02 Å². The van der Waals surface area contributed by atoms with Crippen molar-refractivity contribution in [2.45, 2.75) is 13.0 Å². The molecule has 0 radical (unpaired) electrons. The Morgan fingerprint density at radius 2 is 2.00 bits per heavy atom. The van der Waals surface area contributed by atoms with Crippen LogP contribution in [0, 0.1) is 0 Å². The van der Waals surface area contributed by atoms with Gasteiger partial charge in [0.05, 0.1) is 6.42 Å². The van der Waals surface area contributed by atoms with Crippen molar-refractivity contribution in [3.8, 4) is 0 Å². The van der Waals surface area contributed by atoms with Crippen LogP contribution in [-0.2, 0) is 17.8 Å². The number of fused-ring (bicyclic) bond motifs is 1. The quantitative estimate of drug-likeness (QED) is 0.933. The highest BCUT2D eigenvalue weighted by Crippen LogP contribution is 2.27. The first-order chi connectivity index (χ1) is 8.97. The number of hydrogen-bond acceptors (Lipinski definition) is 2. The summed E-state index contributed by atoms with van der Waals surface area (Å²) in [5.74, 6) is -0.369. The molecule has 2 aromatic carbocycles. The Hall–Kier alpha value is -1.58. The fourth-order valence-electron chi connectivity index (χ4n) is 2.23. The second-order valence-corrected chi connectivity index (χ2v) is 5.37. The van der Waals surface area contributed by atoms with E-state index >= 15 is 0 Å². The molecule has 0 aromatic heterocycles. The predicted molar refractivity (Wildman–Crippen MR) is 79.2 cm³/mol. The van der Waals surface area contributed by atoms with Gasteiger partial charge in [-0.3, -0.25) is 4.79 Å². The molecule has 3 nitrogen and oxygen atoms in total. The first-order valence-corrected chi connectivity index (χ1v) is 6.48. The number of hydrogen-bond donors (Lipinski definition) is 1. The monoisotopic (exact) mass is 276 g/mol. The highest BCUT2D eigenvalue weighted by Gasteiger charge is 2.09. The molecule has 0 aliphatic carbocycles. The molecule has 2 aromatic rings. The maximum atomic E-state index is 11.1. The molecule has 0 atom stereocenters. The molecular weight excluding hydrogens is 260 g/mol. The lowest BCUT2D eigenvalue weighted by Crippen LogP contribution is -2.14. The molecule has 0 bridgehead atoms. The highest BCUT2D eigenvalue weighted by molar-refractivity contribution is 6.32. The average Bonchev–Trinajstić information content (AvgIpc) is 2.31. The first-order valence-electron chi connectivity index (χ1n) is 6.10. The number of benzene rings is 2. The predicted octanol–water partition coefficient (Wildman–Crippen LogP) is 2.58. The largest absolute Gasteiger partial charge is 0.369 e. The van der Waals surface area contributed by atoms with Crippen molar-refractivity contribution < 1.29 is 4.79 Å². The van der Waals surface area contributed by atoms with Crippen molar-refractivity contribution in [1.29, 1.82) is 0 Å². The van der Waals surface area contributed by atoms with Crippen molar-refractivity contribution in [2.75, 3.05) is 14.1 Å². The Balaban J connectivity index is 2.51. The lowest BCUT2D eigenvalue weighted by molar-refractivity contribution is -0.117. The van der Waals surface area contributed by atoms with Crippen LogP contribution in [0.25, 0.3) is 10.8 Å². The summed E-state index contributed by atoms with van der Waals surface area (Å²) in [6.45, 7) is 0.879. The van der Waals surface area contributed by atoms with Crippen LogP contribution in [0.4, 0.5) is 0 Å². The third-order valence-corrected chi connectivity index (χ3v) is 3.34. The summed E-state index contributed by atoms with van der Waals surface area (Å²) in [5.41, 5.74) is 7.31. The fourth-order valence-corrected chi connectivity index (χ4v) is 2.47. The van der Waals surface area contributed by atoms with Gasteiger partial charge in [0.2, 0.25) is 5.91 Å². The van der Waals surface area contributed by atoms with Gasteiger partial charge in [0, 0.05) is 11.6 Å². The second-order valence-electron chi connectivity index (χ2n) is 4.96. The number of halogens is 1. The van der Waals surface area contributed by atoms with E-state index in [4.69, 9.17) is 17.3 Å². The number of nitrogens with zero attached hydrogens (tertiary/aromatic N) is 1. The maximum absolute atomic E-state index is 11.1. The van der Waals surface area contributed by atoms with Gasteiger partial charge < -0.3 is 10.6 Å². The van der Waals surface area contributed by atoms with Gasteiger partial charge in [0.15, 0.2) is 0 Å². The van der Waals surface area contributed by atoms with Gasteiger partial charge in [-0.05, 0) is 48.1 Å². The minimum absolute atomic E-state index is 0.170. The van der Waals surface area contributed by atoms with E-state index in [1.54, 1.807) is 0 Å². The van der Waals surface area contributed by atoms with Crippen LogP contribution in [0.5, 0.6) is 0 Å². The number of amides is 1. The van der Waals surface area contributed by atoms with Crippen LogP contribution in [-0.4, -0.2) is 24.9 Å². The van der Waals surface area contributed by atoms with E-state index in [1.807, 2.05) is 32.3 Å². The van der Waals surface area contributed by atoms with Crippen molar-refractivity contribution in [1.82, 2.24) is 4.90 Å². The molecule has 0 saturated carbocycles. The molecule has 2 rings (SSSR count). The van der Waals surface area contributed by atoms with Crippen molar-refractivity contribution in [3.05, 3.63) is 46.5 Å². The van der Waals surface area contributed by atoms with Crippen molar-refractivity contribution >= 4 is 28.3 Å². The second kappa shape index (κ2) is 5.59. The number of rotatable bonds is 4. The SMILES string of the molecule is CN(C)Cc1ccc2c(CC(N)=O)c(Cl)ccc2c1. The molecule has 0 spiro atoms. The summed E-state index contributed by atoms with van der Waals surface area (Å²) in [6, 6.07) is 9.99. The van der Waals surface area contributed by atoms with E-state index in [0.717, 1.165) is 22.9 Å². The van der Waals surface area contributed by atoms with Crippen molar-refractivity contribution in [3.63, 3.8) is 0 Å². The fraction of sp³-hybridized carbons (Fsp3) is 0.267. The zero-order valence-corrected chi connectivity index (χ0v) is 11.9. The molecule has 0 saturated heterocycles. The van der Waals surface area contributed by atoms with Gasteiger partial charge in [-0.1, -0.05) is 29.8 Å². The van der Waals surface area contributed by atoms with E-state index < -0.39 is 0 Å². The Labute approximate surface area is 118 Å². The highest BCUT2D eigenvalue weighted by atomic mass is 35.5. The molecule has 4 heteroatoms. The molecule has 2 N–H and O–H groups in total. The summed E-state index contributed by atoms with van der Waals surface area (Å²) in [7, 11) is 4.06. The lowest BCUT2D eigenvalue weighted by Gasteiger charge is -2.12. The third-order valence-electron chi connectivity index (χ3n) is 2.99. The van der Waals surface area contributed by atoms with E-state index in [-0.39, 0.29) is 12.3 Å². The topological polar surface area (TPSA) is 46.3 Å². The average molecular weight is 277 g/mol. The summed E-state index contributed by atoms with van der Waals surface area (Å²) in [4.78, 5) is 13.2. The van der Waals surface area contributed by atoms with Gasteiger partial charge >= 0.3 is 0 Å². The standard InChI is InChI=1S/C15H17ClN2O/c1-18(2)9-10-3-5-12-11(7-10)4-6-14(16)13(12)8-15(17)19/h3-7H,8-9H2,1-2H3,(H2,17,19). The lowest BCUT2D eigenvalue weighted by atomic mass is 9.99. The van der Waals surface area contributed by atoms with Crippen LogP contribution in [0.3, 0.4) is 0 Å². The van der Waals surface area contributed by atoms with Gasteiger partial charge in [0.25, 0.3) is 0 Å². The van der Waals surface area contributed by atoms with Crippen LogP contribution in [0.15, 0.2) is 30.3 Å². The zero-order valence-electron chi connectivity index (χ0n) is 11.1. The maximum Gasteiger partial charge on any atom is 0.221 e. The van der Waals surface area contributed by atoms with E-state index in [2.05, 4.69) is 17.0 Å². The minimum atomic E-state index is -0.369. The molecule has 0 unspecified atom stereocenters. The van der Waals surface area contributed by atoms with E-state index in [1.165, 1.54) is 5.56 Å². The first kappa shape index (κ1) is 13.8.